The van der Waals surface area contributed by atoms with Crippen LogP contribution < -0.4 is 10.5 Å². The second-order valence-electron chi connectivity index (χ2n) is 7.64. The lowest BCUT2D eigenvalue weighted by Gasteiger charge is -2.11. The lowest BCUT2D eigenvalue weighted by molar-refractivity contribution is 0.471. The van der Waals surface area contributed by atoms with Crippen LogP contribution in [0.2, 0.25) is 0 Å². The molecule has 0 unspecified atom stereocenters. The van der Waals surface area contributed by atoms with Gasteiger partial charge in [0.05, 0.1) is 26.6 Å². The molecule has 4 aromatic carbocycles. The van der Waals surface area contributed by atoms with E-state index >= 15 is 0 Å². The molecular formula is C23H20N4O6S2. The molecule has 0 saturated heterocycles. The SMILES string of the molecule is Cc1ccc(N=Nc2c(N)ccc3cc(S(=O)(=O)O)cc(O)c23)cc1S(=O)(=O)Nc1ccccc1. The summed E-state index contributed by atoms with van der Waals surface area (Å²) >= 11 is 0. The van der Waals surface area contributed by atoms with Crippen molar-refractivity contribution < 1.29 is 26.5 Å². The number of rotatable bonds is 6. The number of nitrogen functional groups attached to an aromatic ring is 1. The van der Waals surface area contributed by atoms with Crippen molar-refractivity contribution in [1.82, 2.24) is 0 Å². The minimum absolute atomic E-state index is 0.00401. The van der Waals surface area contributed by atoms with Crippen LogP contribution in [0, 0.1) is 6.92 Å². The van der Waals surface area contributed by atoms with Crippen molar-refractivity contribution >= 4 is 53.7 Å². The van der Waals surface area contributed by atoms with Crippen molar-refractivity contribution in [3.8, 4) is 5.75 Å². The molecule has 0 bridgehead atoms. The second-order valence-corrected chi connectivity index (χ2v) is 10.7. The first-order valence-electron chi connectivity index (χ1n) is 10.1. The summed E-state index contributed by atoms with van der Waals surface area (Å²) in [7, 11) is -8.46. The largest absolute Gasteiger partial charge is 0.507 e. The highest BCUT2D eigenvalue weighted by atomic mass is 32.2. The number of sulfonamides is 1. The second kappa shape index (κ2) is 8.98. The van der Waals surface area contributed by atoms with Gasteiger partial charge < -0.3 is 10.8 Å². The van der Waals surface area contributed by atoms with Crippen molar-refractivity contribution in [2.24, 2.45) is 10.2 Å². The third-order valence-electron chi connectivity index (χ3n) is 5.12. The molecule has 12 heteroatoms. The number of nitrogens with zero attached hydrogens (tertiary/aromatic N) is 2. The molecule has 0 aliphatic carbocycles. The topological polar surface area (TPSA) is 172 Å². The summed E-state index contributed by atoms with van der Waals surface area (Å²) < 4.78 is 60.6. The highest BCUT2D eigenvalue weighted by molar-refractivity contribution is 7.92. The summed E-state index contributed by atoms with van der Waals surface area (Å²) in [4.78, 5) is -0.487. The molecule has 0 aliphatic heterocycles. The van der Waals surface area contributed by atoms with Crippen LogP contribution in [0.25, 0.3) is 10.8 Å². The number of fused-ring (bicyclic) bond motifs is 1. The maximum absolute atomic E-state index is 12.9. The molecule has 0 saturated carbocycles. The molecule has 4 aromatic rings. The Morgan fingerprint density at radius 1 is 0.886 bits per heavy atom. The van der Waals surface area contributed by atoms with Crippen molar-refractivity contribution in [3.05, 3.63) is 78.4 Å². The molecule has 4 rings (SSSR count). The maximum Gasteiger partial charge on any atom is 0.294 e. The Morgan fingerprint density at radius 3 is 2.29 bits per heavy atom. The molecule has 0 heterocycles. The van der Waals surface area contributed by atoms with E-state index in [1.165, 1.54) is 18.2 Å². The van der Waals surface area contributed by atoms with E-state index in [9.17, 15) is 26.5 Å². The van der Waals surface area contributed by atoms with Gasteiger partial charge in [-0.15, -0.1) is 5.11 Å². The van der Waals surface area contributed by atoms with Gasteiger partial charge in [0.25, 0.3) is 20.1 Å². The zero-order chi connectivity index (χ0) is 25.4. The van der Waals surface area contributed by atoms with E-state index in [1.54, 1.807) is 49.4 Å². The molecule has 0 aliphatic rings. The predicted molar refractivity (Wildman–Crippen MR) is 132 cm³/mol. The first-order chi connectivity index (χ1) is 16.5. The first-order valence-corrected chi connectivity index (χ1v) is 13.0. The number of nitrogens with two attached hydrogens (primary N) is 1. The third-order valence-corrected chi connectivity index (χ3v) is 7.48. The van der Waals surface area contributed by atoms with E-state index in [2.05, 4.69) is 15.0 Å². The lowest BCUT2D eigenvalue weighted by Crippen LogP contribution is -2.14. The zero-order valence-electron chi connectivity index (χ0n) is 18.2. The number of aryl methyl sites for hydroxylation is 1. The van der Waals surface area contributed by atoms with Gasteiger partial charge in [-0.25, -0.2) is 8.42 Å². The molecule has 0 amide bonds. The van der Waals surface area contributed by atoms with E-state index in [4.69, 9.17) is 5.73 Å². The van der Waals surface area contributed by atoms with E-state index in [0.717, 1.165) is 12.1 Å². The number of anilines is 2. The highest BCUT2D eigenvalue weighted by Gasteiger charge is 2.19. The zero-order valence-corrected chi connectivity index (χ0v) is 19.9. The fourth-order valence-electron chi connectivity index (χ4n) is 3.44. The Hall–Kier alpha value is -4.00. The molecule has 0 aromatic heterocycles. The molecule has 10 nitrogen and oxygen atoms in total. The molecule has 35 heavy (non-hydrogen) atoms. The summed E-state index contributed by atoms with van der Waals surface area (Å²) in [6.45, 7) is 1.65. The lowest BCUT2D eigenvalue weighted by atomic mass is 10.1. The van der Waals surface area contributed by atoms with Crippen molar-refractivity contribution in [1.29, 1.82) is 0 Å². The number of benzene rings is 4. The van der Waals surface area contributed by atoms with Gasteiger partial charge in [0.2, 0.25) is 0 Å². The van der Waals surface area contributed by atoms with Crippen LogP contribution in [0.5, 0.6) is 5.75 Å². The number of aromatic hydroxyl groups is 1. The highest BCUT2D eigenvalue weighted by Crippen LogP contribution is 2.40. The molecule has 0 atom stereocenters. The normalized spacial score (nSPS) is 12.3. The Balaban J connectivity index is 1.75. The molecule has 0 spiro atoms. The van der Waals surface area contributed by atoms with Gasteiger partial charge in [-0.2, -0.15) is 13.5 Å². The number of azo groups is 1. The van der Waals surface area contributed by atoms with E-state index < -0.39 is 30.8 Å². The number of hydrogen-bond donors (Lipinski definition) is 4. The number of nitrogens with one attached hydrogen (secondary N) is 1. The van der Waals surface area contributed by atoms with Crippen LogP contribution >= 0.6 is 0 Å². The van der Waals surface area contributed by atoms with Crippen LogP contribution in [-0.2, 0) is 20.1 Å². The summed E-state index contributed by atoms with van der Waals surface area (Å²) in [5.41, 5.74) is 7.31. The van der Waals surface area contributed by atoms with Crippen molar-refractivity contribution in [2.45, 2.75) is 16.7 Å². The predicted octanol–water partition coefficient (Wildman–Crippen LogP) is 4.90. The van der Waals surface area contributed by atoms with Gasteiger partial charge in [-0.05, 0) is 54.3 Å². The summed E-state index contributed by atoms with van der Waals surface area (Å²) in [5, 5.41) is 19.0. The third kappa shape index (κ3) is 5.09. The summed E-state index contributed by atoms with van der Waals surface area (Å²) in [5.74, 6) is -0.476. The Bertz CT molecular complexity index is 1690. The van der Waals surface area contributed by atoms with Gasteiger partial charge >= 0.3 is 0 Å². The molecule has 5 N–H and O–H groups in total. The Labute approximate surface area is 201 Å². The van der Waals surface area contributed by atoms with Crippen molar-refractivity contribution in [2.75, 3.05) is 10.5 Å². The van der Waals surface area contributed by atoms with Gasteiger partial charge in [0.15, 0.2) is 0 Å². The fraction of sp³-hybridized carbons (Fsp3) is 0.0435. The summed E-state index contributed by atoms with van der Waals surface area (Å²) in [6.07, 6.45) is 0. The standard InChI is InChI=1S/C23H20N4O6S2/c1-14-7-9-17(12-21(14)34(29,30)27-16-5-3-2-4-6-16)25-26-23-19(24)10-8-15-11-18(35(31,32)33)13-20(28)22(15)23/h2-13,27-28H,24H2,1H3,(H,31,32,33). The number of para-hydroxylation sites is 1. The average Bonchev–Trinajstić information content (AvgIpc) is 2.79. The van der Waals surface area contributed by atoms with E-state index in [0.29, 0.717) is 11.3 Å². The van der Waals surface area contributed by atoms with Crippen LogP contribution in [-0.4, -0.2) is 26.5 Å². The van der Waals surface area contributed by atoms with Gasteiger partial charge in [-0.3, -0.25) is 9.27 Å². The van der Waals surface area contributed by atoms with E-state index in [1.807, 2.05) is 0 Å². The monoisotopic (exact) mass is 512 g/mol. The number of phenolic OH excluding ortho intramolecular Hbond substituents is 1. The fourth-order valence-corrected chi connectivity index (χ4v) is 5.30. The first kappa shape index (κ1) is 24.1. The maximum atomic E-state index is 12.9. The van der Waals surface area contributed by atoms with Crippen LogP contribution in [0.4, 0.5) is 22.7 Å². The van der Waals surface area contributed by atoms with Gasteiger partial charge in [-0.1, -0.05) is 30.3 Å². The Morgan fingerprint density at radius 2 is 1.60 bits per heavy atom. The minimum atomic E-state index is -4.55. The number of phenols is 1. The molecule has 0 radical (unpaired) electrons. The molecule has 0 fully saturated rings. The smallest absolute Gasteiger partial charge is 0.294 e. The van der Waals surface area contributed by atoms with Crippen LogP contribution in [0.1, 0.15) is 5.56 Å². The average molecular weight is 513 g/mol. The van der Waals surface area contributed by atoms with Crippen LogP contribution in [0.3, 0.4) is 0 Å². The molecule has 180 valence electrons. The van der Waals surface area contributed by atoms with Gasteiger partial charge in [0.1, 0.15) is 11.4 Å². The Kier molecular flexibility index (Phi) is 6.19. The minimum Gasteiger partial charge on any atom is -0.507 e. The van der Waals surface area contributed by atoms with Crippen molar-refractivity contribution in [3.63, 3.8) is 0 Å². The molecular weight excluding hydrogens is 492 g/mol. The quantitative estimate of drug-likeness (QED) is 0.162. The summed E-state index contributed by atoms with van der Waals surface area (Å²) in [6, 6.07) is 17.9. The number of hydrogen-bond acceptors (Lipinski definition) is 8. The van der Waals surface area contributed by atoms with E-state index in [-0.39, 0.29) is 32.7 Å². The van der Waals surface area contributed by atoms with Crippen LogP contribution in [0.15, 0.2) is 92.8 Å². The van der Waals surface area contributed by atoms with Gasteiger partial charge in [0, 0.05) is 11.8 Å².